The number of aliphatic hydroxyl groups excluding tert-OH is 1. The smallest absolute Gasteiger partial charge is 0.330 e. The monoisotopic (exact) mass is 375 g/mol. The predicted octanol–water partition coefficient (Wildman–Crippen LogP) is 3.72. The van der Waals surface area contributed by atoms with Crippen LogP contribution < -0.4 is 4.74 Å². The number of ether oxygens (including phenoxy) is 2. The summed E-state index contributed by atoms with van der Waals surface area (Å²) in [4.78, 5) is 14.1. The third-order valence-corrected chi connectivity index (χ3v) is 3.80. The molecule has 150 valence electrons. The van der Waals surface area contributed by atoms with Crippen LogP contribution in [0.3, 0.4) is 0 Å². The van der Waals surface area contributed by atoms with Crippen molar-refractivity contribution < 1.29 is 19.4 Å². The van der Waals surface area contributed by atoms with Gasteiger partial charge in [-0.25, -0.2) is 4.79 Å². The molecule has 1 aromatic rings. The standard InChI is InChI=1S/C22H33NO4/c1-17(2)13-14-23(15-18-7-10-20(26-6)11-8-18)19(16-24)9-12-21(25)27-22(3,4)5/h7-13,19,24H,14-16H2,1-6H3/b12-9+/t19-/m0/s1. The first-order valence-corrected chi connectivity index (χ1v) is 9.17. The second-order valence-electron chi connectivity index (χ2n) is 7.70. The topological polar surface area (TPSA) is 59.0 Å². The molecule has 0 fully saturated rings. The Labute approximate surface area is 163 Å². The molecule has 0 aliphatic heterocycles. The van der Waals surface area contributed by atoms with Gasteiger partial charge in [0.1, 0.15) is 11.4 Å². The van der Waals surface area contributed by atoms with Gasteiger partial charge in [-0.05, 0) is 52.3 Å². The molecule has 5 nitrogen and oxygen atoms in total. The Kier molecular flexibility index (Phi) is 9.26. The molecule has 0 saturated heterocycles. The Morgan fingerprint density at radius 2 is 1.85 bits per heavy atom. The summed E-state index contributed by atoms with van der Waals surface area (Å²) in [5.74, 6) is 0.394. The SMILES string of the molecule is COc1ccc(CN(CC=C(C)C)[C@@H](/C=C/C(=O)OC(C)(C)C)CO)cc1. The maximum atomic E-state index is 12.0. The van der Waals surface area contributed by atoms with Gasteiger partial charge in [0.2, 0.25) is 0 Å². The summed E-state index contributed by atoms with van der Waals surface area (Å²) < 4.78 is 10.5. The number of hydrogen-bond donors (Lipinski definition) is 1. The molecular weight excluding hydrogens is 342 g/mol. The number of aliphatic hydroxyl groups is 1. The molecule has 0 aliphatic carbocycles. The molecule has 0 spiro atoms. The Hall–Kier alpha value is -2.11. The van der Waals surface area contributed by atoms with Gasteiger partial charge < -0.3 is 14.6 Å². The van der Waals surface area contributed by atoms with Crippen LogP contribution in [0.15, 0.2) is 48.1 Å². The highest BCUT2D eigenvalue weighted by Gasteiger charge is 2.17. The van der Waals surface area contributed by atoms with Crippen LogP contribution in [0.1, 0.15) is 40.2 Å². The van der Waals surface area contributed by atoms with Crippen molar-refractivity contribution in [3.63, 3.8) is 0 Å². The largest absolute Gasteiger partial charge is 0.497 e. The summed E-state index contributed by atoms with van der Waals surface area (Å²) in [6, 6.07) is 7.54. The first kappa shape index (κ1) is 22.9. The Bertz CT molecular complexity index is 637. The van der Waals surface area contributed by atoms with Crippen molar-refractivity contribution in [1.29, 1.82) is 0 Å². The summed E-state index contributed by atoms with van der Waals surface area (Å²) in [6.45, 7) is 10.8. The van der Waals surface area contributed by atoms with Gasteiger partial charge in [0, 0.05) is 19.2 Å². The van der Waals surface area contributed by atoms with Crippen molar-refractivity contribution in [2.45, 2.75) is 52.8 Å². The van der Waals surface area contributed by atoms with E-state index in [-0.39, 0.29) is 12.6 Å². The zero-order valence-electron chi connectivity index (χ0n) is 17.4. The maximum Gasteiger partial charge on any atom is 0.330 e. The van der Waals surface area contributed by atoms with Crippen molar-refractivity contribution in [3.05, 3.63) is 53.6 Å². The number of benzene rings is 1. The Morgan fingerprint density at radius 3 is 2.33 bits per heavy atom. The number of carbonyl (C=O) groups excluding carboxylic acids is 1. The van der Waals surface area contributed by atoms with E-state index in [0.717, 1.165) is 11.3 Å². The highest BCUT2D eigenvalue weighted by Crippen LogP contribution is 2.15. The molecule has 5 heteroatoms. The molecule has 1 aromatic carbocycles. The number of rotatable bonds is 9. The quantitative estimate of drug-likeness (QED) is 0.405. The molecule has 0 heterocycles. The third kappa shape index (κ3) is 9.40. The Morgan fingerprint density at radius 1 is 1.22 bits per heavy atom. The van der Waals surface area contributed by atoms with Gasteiger partial charge in [0.25, 0.3) is 0 Å². The second kappa shape index (κ2) is 10.9. The van der Waals surface area contributed by atoms with Gasteiger partial charge in [-0.15, -0.1) is 0 Å². The fourth-order valence-corrected chi connectivity index (χ4v) is 2.41. The van der Waals surface area contributed by atoms with Gasteiger partial charge in [-0.1, -0.05) is 29.9 Å². The lowest BCUT2D eigenvalue weighted by atomic mass is 10.1. The number of hydrogen-bond acceptors (Lipinski definition) is 5. The van der Waals surface area contributed by atoms with Gasteiger partial charge >= 0.3 is 5.97 Å². The van der Waals surface area contributed by atoms with E-state index >= 15 is 0 Å². The van der Waals surface area contributed by atoms with Crippen LogP contribution in [0.5, 0.6) is 5.75 Å². The lowest BCUT2D eigenvalue weighted by molar-refractivity contribution is -0.148. The highest BCUT2D eigenvalue weighted by molar-refractivity contribution is 5.82. The van der Waals surface area contributed by atoms with Gasteiger partial charge in [-0.2, -0.15) is 0 Å². The Balaban J connectivity index is 2.93. The van der Waals surface area contributed by atoms with E-state index < -0.39 is 11.6 Å². The molecule has 0 unspecified atom stereocenters. The minimum atomic E-state index is -0.541. The molecular formula is C22H33NO4. The summed E-state index contributed by atoms with van der Waals surface area (Å²) in [6.07, 6.45) is 5.21. The molecule has 0 radical (unpaired) electrons. The van der Waals surface area contributed by atoms with Crippen molar-refractivity contribution in [1.82, 2.24) is 4.90 Å². The molecule has 0 bridgehead atoms. The van der Waals surface area contributed by atoms with Crippen molar-refractivity contribution in [3.8, 4) is 5.75 Å². The summed E-state index contributed by atoms with van der Waals surface area (Å²) in [5.41, 5.74) is 1.76. The van der Waals surface area contributed by atoms with Crippen molar-refractivity contribution >= 4 is 5.97 Å². The fourth-order valence-electron chi connectivity index (χ4n) is 2.41. The van der Waals surface area contributed by atoms with E-state index in [2.05, 4.69) is 11.0 Å². The minimum absolute atomic E-state index is 0.0912. The normalized spacial score (nSPS) is 12.9. The van der Waals surface area contributed by atoms with Crippen LogP contribution in [-0.4, -0.2) is 47.9 Å². The molecule has 0 aromatic heterocycles. The van der Waals surface area contributed by atoms with E-state index in [1.165, 1.54) is 11.6 Å². The minimum Gasteiger partial charge on any atom is -0.497 e. The van der Waals surface area contributed by atoms with Gasteiger partial charge in [0.15, 0.2) is 0 Å². The average molecular weight is 376 g/mol. The summed E-state index contributed by atoms with van der Waals surface area (Å²) >= 11 is 0. The van der Waals surface area contributed by atoms with E-state index in [1.54, 1.807) is 13.2 Å². The van der Waals surface area contributed by atoms with E-state index in [0.29, 0.717) is 13.1 Å². The third-order valence-electron chi connectivity index (χ3n) is 3.80. The summed E-state index contributed by atoms with van der Waals surface area (Å²) in [5, 5.41) is 9.88. The second-order valence-corrected chi connectivity index (χ2v) is 7.70. The predicted molar refractivity (Wildman–Crippen MR) is 109 cm³/mol. The van der Waals surface area contributed by atoms with Crippen LogP contribution in [0.2, 0.25) is 0 Å². The molecule has 27 heavy (non-hydrogen) atoms. The number of nitrogens with zero attached hydrogens (tertiary/aromatic N) is 1. The zero-order valence-corrected chi connectivity index (χ0v) is 17.4. The highest BCUT2D eigenvalue weighted by atomic mass is 16.6. The molecule has 0 aliphatic rings. The average Bonchev–Trinajstić information content (AvgIpc) is 2.58. The van der Waals surface area contributed by atoms with Crippen LogP contribution in [0, 0.1) is 0 Å². The molecule has 1 rings (SSSR count). The summed E-state index contributed by atoms with van der Waals surface area (Å²) in [7, 11) is 1.64. The molecule has 0 saturated carbocycles. The van der Waals surface area contributed by atoms with Crippen LogP contribution in [0.4, 0.5) is 0 Å². The maximum absolute atomic E-state index is 12.0. The van der Waals surface area contributed by atoms with E-state index in [1.807, 2.05) is 58.9 Å². The molecule has 0 amide bonds. The van der Waals surface area contributed by atoms with Crippen LogP contribution >= 0.6 is 0 Å². The van der Waals surface area contributed by atoms with E-state index in [9.17, 15) is 9.90 Å². The molecule has 1 atom stereocenters. The van der Waals surface area contributed by atoms with Gasteiger partial charge in [-0.3, -0.25) is 4.90 Å². The number of carbonyl (C=O) groups is 1. The number of methoxy groups -OCH3 is 1. The van der Waals surface area contributed by atoms with Crippen molar-refractivity contribution in [2.75, 3.05) is 20.3 Å². The zero-order chi connectivity index (χ0) is 20.4. The van der Waals surface area contributed by atoms with E-state index in [4.69, 9.17) is 9.47 Å². The number of esters is 1. The number of allylic oxidation sites excluding steroid dienone is 1. The van der Waals surface area contributed by atoms with Crippen molar-refractivity contribution in [2.24, 2.45) is 0 Å². The van der Waals surface area contributed by atoms with Crippen LogP contribution in [0.25, 0.3) is 0 Å². The fraction of sp³-hybridized carbons (Fsp3) is 0.500. The first-order valence-electron chi connectivity index (χ1n) is 9.17. The first-order chi connectivity index (χ1) is 12.6. The molecule has 1 N–H and O–H groups in total. The lowest BCUT2D eigenvalue weighted by Gasteiger charge is -2.28. The van der Waals surface area contributed by atoms with Crippen LogP contribution in [-0.2, 0) is 16.1 Å². The van der Waals surface area contributed by atoms with Gasteiger partial charge in [0.05, 0.1) is 19.8 Å². The lowest BCUT2D eigenvalue weighted by Crippen LogP contribution is -2.36.